The molecule has 0 aliphatic heterocycles. The van der Waals surface area contributed by atoms with Crippen molar-refractivity contribution in [3.05, 3.63) is 58.6 Å². The van der Waals surface area contributed by atoms with E-state index in [-0.39, 0.29) is 0 Å². The number of nitrogens with zero attached hydrogens (tertiary/aromatic N) is 2. The lowest BCUT2D eigenvalue weighted by atomic mass is 10.0. The van der Waals surface area contributed by atoms with E-state index in [2.05, 4.69) is 16.0 Å². The molecule has 1 aliphatic rings. The number of rotatable bonds is 1. The fourth-order valence-corrected chi connectivity index (χ4v) is 2.48. The van der Waals surface area contributed by atoms with Gasteiger partial charge in [0.05, 0.1) is 11.4 Å². The van der Waals surface area contributed by atoms with Crippen molar-refractivity contribution < 1.29 is 0 Å². The maximum Gasteiger partial charge on any atom is 0.0526 e. The Kier molecular flexibility index (Phi) is 2.37. The van der Waals surface area contributed by atoms with Gasteiger partial charge in [-0.15, -0.1) is 0 Å². The van der Waals surface area contributed by atoms with Gasteiger partial charge in [0.15, 0.2) is 0 Å². The van der Waals surface area contributed by atoms with Crippen molar-refractivity contribution in [3.63, 3.8) is 0 Å². The molecule has 0 amide bonds. The number of hydrogen-bond acceptors (Lipinski definition) is 2. The molecule has 1 aliphatic carbocycles. The van der Waals surface area contributed by atoms with Gasteiger partial charge in [-0.2, -0.15) is 0 Å². The van der Waals surface area contributed by atoms with Crippen molar-refractivity contribution in [2.45, 2.75) is 18.8 Å². The normalized spacial score (nSPS) is 18.4. The zero-order valence-electron chi connectivity index (χ0n) is 8.73. The minimum atomic E-state index is 0.315. The first-order valence-corrected chi connectivity index (χ1v) is 5.77. The molecule has 0 fully saturated rings. The summed E-state index contributed by atoms with van der Waals surface area (Å²) in [6.45, 7) is 0. The average Bonchev–Trinajstić information content (AvgIpc) is 2.72. The summed E-state index contributed by atoms with van der Waals surface area (Å²) in [7, 11) is 0. The molecular weight excluding hydrogens is 220 g/mol. The Hall–Kier alpha value is -1.41. The third kappa shape index (κ3) is 1.59. The van der Waals surface area contributed by atoms with Crippen molar-refractivity contribution in [1.29, 1.82) is 0 Å². The second kappa shape index (κ2) is 3.87. The van der Waals surface area contributed by atoms with Gasteiger partial charge < -0.3 is 0 Å². The molecule has 1 unspecified atom stereocenters. The first-order valence-electron chi connectivity index (χ1n) is 5.40. The number of hydrogen-bond donors (Lipinski definition) is 0. The predicted molar refractivity (Wildman–Crippen MR) is 63.6 cm³/mol. The lowest BCUT2D eigenvalue weighted by Crippen LogP contribution is -2.00. The summed E-state index contributed by atoms with van der Waals surface area (Å²) in [5.41, 5.74) is 3.54. The van der Waals surface area contributed by atoms with Gasteiger partial charge in [0.1, 0.15) is 0 Å². The number of aromatic nitrogens is 2. The van der Waals surface area contributed by atoms with Crippen LogP contribution in [0.2, 0.25) is 5.02 Å². The number of fused-ring (bicyclic) bond motifs is 1. The van der Waals surface area contributed by atoms with Gasteiger partial charge >= 0.3 is 0 Å². The molecule has 2 heterocycles. The van der Waals surface area contributed by atoms with E-state index in [4.69, 9.17) is 11.6 Å². The van der Waals surface area contributed by atoms with Crippen molar-refractivity contribution in [2.24, 2.45) is 0 Å². The molecule has 2 nitrogen and oxygen atoms in total. The van der Waals surface area contributed by atoms with Gasteiger partial charge in [-0.05, 0) is 36.6 Å². The smallest absolute Gasteiger partial charge is 0.0526 e. The first-order chi connectivity index (χ1) is 7.84. The maximum absolute atomic E-state index is 5.99. The van der Waals surface area contributed by atoms with Crippen molar-refractivity contribution in [2.75, 3.05) is 0 Å². The van der Waals surface area contributed by atoms with E-state index in [1.165, 1.54) is 5.56 Å². The lowest BCUT2D eigenvalue weighted by molar-refractivity contribution is 0.746. The number of halogens is 1. The summed E-state index contributed by atoms with van der Waals surface area (Å²) in [5, 5.41) is 0.745. The number of pyridine rings is 2. The van der Waals surface area contributed by atoms with E-state index < -0.39 is 0 Å². The third-order valence-corrected chi connectivity index (χ3v) is 3.29. The highest BCUT2D eigenvalue weighted by Gasteiger charge is 2.25. The quantitative estimate of drug-likeness (QED) is 0.752. The molecule has 2 aromatic rings. The van der Waals surface area contributed by atoms with Crippen LogP contribution in [0.1, 0.15) is 29.3 Å². The van der Waals surface area contributed by atoms with E-state index in [0.717, 1.165) is 29.3 Å². The molecule has 2 aromatic heterocycles. The Morgan fingerprint density at radius 1 is 1.19 bits per heavy atom. The highest BCUT2D eigenvalue weighted by Crippen LogP contribution is 2.35. The van der Waals surface area contributed by atoms with Gasteiger partial charge in [-0.25, -0.2) is 0 Å². The minimum absolute atomic E-state index is 0.315. The number of aryl methyl sites for hydroxylation is 1. The summed E-state index contributed by atoms with van der Waals surface area (Å²) in [4.78, 5) is 8.86. The molecule has 0 radical (unpaired) electrons. The summed E-state index contributed by atoms with van der Waals surface area (Å²) in [6, 6.07) is 7.88. The van der Waals surface area contributed by atoms with Gasteiger partial charge in [0, 0.05) is 23.3 Å². The molecule has 16 heavy (non-hydrogen) atoms. The van der Waals surface area contributed by atoms with Crippen molar-refractivity contribution >= 4 is 11.6 Å². The van der Waals surface area contributed by atoms with E-state index in [9.17, 15) is 0 Å². The second-order valence-electron chi connectivity index (χ2n) is 4.04. The average molecular weight is 231 g/mol. The third-order valence-electron chi connectivity index (χ3n) is 3.06. The molecular formula is C13H11ClN2. The molecule has 0 N–H and O–H groups in total. The molecule has 80 valence electrons. The minimum Gasteiger partial charge on any atom is -0.260 e. The van der Waals surface area contributed by atoms with E-state index in [1.807, 2.05) is 18.3 Å². The van der Waals surface area contributed by atoms with Crippen LogP contribution in [-0.4, -0.2) is 9.97 Å². The Morgan fingerprint density at radius 2 is 2.12 bits per heavy atom. The molecule has 0 bridgehead atoms. The van der Waals surface area contributed by atoms with Crippen molar-refractivity contribution in [1.82, 2.24) is 9.97 Å². The molecule has 3 heteroatoms. The summed E-state index contributed by atoms with van der Waals surface area (Å²) >= 11 is 5.99. The zero-order chi connectivity index (χ0) is 11.0. The molecule has 0 saturated heterocycles. The van der Waals surface area contributed by atoms with Crippen LogP contribution in [0.15, 0.2) is 36.7 Å². The summed E-state index contributed by atoms with van der Waals surface area (Å²) in [5.74, 6) is 0.315. The molecule has 1 atom stereocenters. The first kappa shape index (κ1) is 9.79. The van der Waals surface area contributed by atoms with E-state index >= 15 is 0 Å². The van der Waals surface area contributed by atoms with Crippen LogP contribution >= 0.6 is 11.6 Å². The molecule has 0 aromatic carbocycles. The SMILES string of the molecule is Clc1ccnc(C2CCc3cccnc32)c1. The van der Waals surface area contributed by atoms with Crippen molar-refractivity contribution in [3.8, 4) is 0 Å². The monoisotopic (exact) mass is 230 g/mol. The predicted octanol–water partition coefficient (Wildman–Crippen LogP) is 3.21. The molecule has 3 rings (SSSR count). The molecule has 0 spiro atoms. The van der Waals surface area contributed by atoms with Gasteiger partial charge in [0.2, 0.25) is 0 Å². The standard InChI is InChI=1S/C13H11ClN2/c14-10-5-7-15-12(8-10)11-4-3-9-2-1-6-16-13(9)11/h1-2,5-8,11H,3-4H2. The topological polar surface area (TPSA) is 25.8 Å². The second-order valence-corrected chi connectivity index (χ2v) is 4.47. The van der Waals surface area contributed by atoms with E-state index in [1.54, 1.807) is 12.3 Å². The highest BCUT2D eigenvalue weighted by atomic mass is 35.5. The van der Waals surface area contributed by atoms with Crippen LogP contribution in [0.5, 0.6) is 0 Å². The van der Waals surface area contributed by atoms with Crippen LogP contribution in [-0.2, 0) is 6.42 Å². The Labute approximate surface area is 99.3 Å². The lowest BCUT2D eigenvalue weighted by Gasteiger charge is -2.09. The maximum atomic E-state index is 5.99. The van der Waals surface area contributed by atoms with E-state index in [0.29, 0.717) is 5.92 Å². The van der Waals surface area contributed by atoms with Crippen LogP contribution in [0.3, 0.4) is 0 Å². The van der Waals surface area contributed by atoms with Crippen LogP contribution < -0.4 is 0 Å². The van der Waals surface area contributed by atoms with Crippen LogP contribution in [0.4, 0.5) is 0 Å². The summed E-state index contributed by atoms with van der Waals surface area (Å²) in [6.07, 6.45) is 5.78. The fourth-order valence-electron chi connectivity index (χ4n) is 2.31. The Balaban J connectivity index is 2.05. The van der Waals surface area contributed by atoms with Gasteiger partial charge in [0.25, 0.3) is 0 Å². The Bertz CT molecular complexity index is 525. The zero-order valence-corrected chi connectivity index (χ0v) is 9.48. The Morgan fingerprint density at radius 3 is 3.00 bits per heavy atom. The largest absolute Gasteiger partial charge is 0.260 e. The highest BCUT2D eigenvalue weighted by molar-refractivity contribution is 6.30. The van der Waals surface area contributed by atoms with Gasteiger partial charge in [-0.3, -0.25) is 9.97 Å². The van der Waals surface area contributed by atoms with Crippen LogP contribution in [0, 0.1) is 0 Å². The van der Waals surface area contributed by atoms with Crippen LogP contribution in [0.25, 0.3) is 0 Å². The fraction of sp³-hybridized carbons (Fsp3) is 0.231. The van der Waals surface area contributed by atoms with Gasteiger partial charge in [-0.1, -0.05) is 17.7 Å². The summed E-state index contributed by atoms with van der Waals surface area (Å²) < 4.78 is 0. The molecule has 0 saturated carbocycles.